The van der Waals surface area contributed by atoms with Gasteiger partial charge in [0.1, 0.15) is 12.1 Å². The van der Waals surface area contributed by atoms with Gasteiger partial charge in [-0.1, -0.05) is 31.2 Å². The number of carbonyl (C=O) groups excluding carboxylic acids is 1. The number of carbonyl (C=O) groups is 1. The van der Waals surface area contributed by atoms with Gasteiger partial charge in [-0.25, -0.2) is 9.78 Å². The highest BCUT2D eigenvalue weighted by Gasteiger charge is 2.10. The lowest BCUT2D eigenvalue weighted by atomic mass is 10.1. The predicted octanol–water partition coefficient (Wildman–Crippen LogP) is 1.05. The summed E-state index contributed by atoms with van der Waals surface area (Å²) < 4.78 is 3.05. The number of fused-ring (bicyclic) bond motifs is 1. The molecule has 1 N–H and O–H groups in total. The third kappa shape index (κ3) is 3.76. The van der Waals surface area contributed by atoms with Crippen LogP contribution in [0.1, 0.15) is 18.1 Å². The van der Waals surface area contributed by atoms with Gasteiger partial charge in [0, 0.05) is 13.6 Å². The van der Waals surface area contributed by atoms with Crippen LogP contribution in [0.15, 0.2) is 41.6 Å². The van der Waals surface area contributed by atoms with Crippen LogP contribution in [0.5, 0.6) is 0 Å². The molecule has 0 spiro atoms. The summed E-state index contributed by atoms with van der Waals surface area (Å²) >= 11 is 0. The molecule has 0 fully saturated rings. The molecular formula is C18H21N5O2. The average molecular weight is 339 g/mol. The van der Waals surface area contributed by atoms with Crippen molar-refractivity contribution in [1.82, 2.24) is 24.4 Å². The van der Waals surface area contributed by atoms with Crippen LogP contribution in [0.2, 0.25) is 0 Å². The molecule has 3 rings (SSSR count). The van der Waals surface area contributed by atoms with Crippen molar-refractivity contribution < 1.29 is 4.79 Å². The normalized spacial score (nSPS) is 11.0. The molecule has 7 heteroatoms. The predicted molar refractivity (Wildman–Crippen MR) is 95.3 cm³/mol. The average Bonchev–Trinajstić information content (AvgIpc) is 3.02. The molecule has 0 aliphatic heterocycles. The first-order valence-corrected chi connectivity index (χ1v) is 8.30. The van der Waals surface area contributed by atoms with Crippen LogP contribution in [0.4, 0.5) is 0 Å². The van der Waals surface area contributed by atoms with E-state index in [4.69, 9.17) is 0 Å². The van der Waals surface area contributed by atoms with Crippen molar-refractivity contribution in [2.45, 2.75) is 26.3 Å². The van der Waals surface area contributed by atoms with E-state index in [0.29, 0.717) is 17.7 Å². The zero-order chi connectivity index (χ0) is 17.8. The Hall–Kier alpha value is -2.96. The number of benzene rings is 1. The number of hydrogen-bond donors (Lipinski definition) is 1. The largest absolute Gasteiger partial charge is 0.354 e. The van der Waals surface area contributed by atoms with Gasteiger partial charge in [0.15, 0.2) is 5.65 Å². The van der Waals surface area contributed by atoms with E-state index in [1.807, 2.05) is 0 Å². The number of aromatic nitrogens is 4. The highest BCUT2D eigenvalue weighted by atomic mass is 16.2. The fourth-order valence-corrected chi connectivity index (χ4v) is 2.69. The van der Waals surface area contributed by atoms with Gasteiger partial charge in [-0.3, -0.25) is 9.36 Å². The second-order valence-electron chi connectivity index (χ2n) is 5.95. The van der Waals surface area contributed by atoms with Crippen molar-refractivity contribution in [2.24, 2.45) is 7.05 Å². The molecule has 1 amide bonds. The van der Waals surface area contributed by atoms with Gasteiger partial charge < -0.3 is 9.88 Å². The Morgan fingerprint density at radius 2 is 1.88 bits per heavy atom. The minimum atomic E-state index is -0.365. The van der Waals surface area contributed by atoms with E-state index in [1.54, 1.807) is 17.9 Å². The Bertz CT molecular complexity index is 940. The summed E-state index contributed by atoms with van der Waals surface area (Å²) in [5.41, 5.74) is 3.32. The molecule has 2 heterocycles. The van der Waals surface area contributed by atoms with E-state index in [1.165, 1.54) is 21.9 Å². The SMILES string of the molecule is CCc1ccc(CCNC(=O)Cn2cnc3c2cnc(=O)n3C)cc1. The standard InChI is InChI=1S/C18H21N5O2/c1-3-13-4-6-14(7-5-13)8-9-19-16(24)11-23-12-21-17-15(23)10-20-18(25)22(17)2/h4-7,10,12H,3,8-9,11H2,1-2H3,(H,19,24). The molecule has 130 valence electrons. The van der Waals surface area contributed by atoms with Crippen LogP contribution in [-0.2, 0) is 31.2 Å². The molecule has 0 saturated heterocycles. The number of rotatable bonds is 6. The van der Waals surface area contributed by atoms with Gasteiger partial charge in [0.25, 0.3) is 0 Å². The molecule has 3 aromatic rings. The zero-order valence-electron chi connectivity index (χ0n) is 14.4. The maximum atomic E-state index is 12.1. The lowest BCUT2D eigenvalue weighted by Crippen LogP contribution is -2.29. The summed E-state index contributed by atoms with van der Waals surface area (Å²) in [5, 5.41) is 2.91. The molecule has 2 aromatic heterocycles. The number of nitrogens with one attached hydrogen (secondary N) is 1. The number of hydrogen-bond acceptors (Lipinski definition) is 4. The van der Waals surface area contributed by atoms with Gasteiger partial charge in [-0.05, 0) is 24.0 Å². The van der Waals surface area contributed by atoms with Crippen molar-refractivity contribution in [2.75, 3.05) is 6.54 Å². The Labute approximate surface area is 145 Å². The lowest BCUT2D eigenvalue weighted by molar-refractivity contribution is -0.121. The van der Waals surface area contributed by atoms with Crippen molar-refractivity contribution in [1.29, 1.82) is 0 Å². The third-order valence-electron chi connectivity index (χ3n) is 4.24. The van der Waals surface area contributed by atoms with Gasteiger partial charge in [-0.2, -0.15) is 4.98 Å². The Morgan fingerprint density at radius 1 is 1.16 bits per heavy atom. The quantitative estimate of drug-likeness (QED) is 0.728. The fourth-order valence-electron chi connectivity index (χ4n) is 2.69. The molecule has 25 heavy (non-hydrogen) atoms. The summed E-state index contributed by atoms with van der Waals surface area (Å²) in [6.45, 7) is 2.85. The number of imidazole rings is 1. The van der Waals surface area contributed by atoms with Crippen molar-refractivity contribution in [3.63, 3.8) is 0 Å². The highest BCUT2D eigenvalue weighted by molar-refractivity contribution is 5.78. The lowest BCUT2D eigenvalue weighted by Gasteiger charge is -2.07. The van der Waals surface area contributed by atoms with Crippen LogP contribution in [0, 0.1) is 0 Å². The molecule has 0 radical (unpaired) electrons. The van der Waals surface area contributed by atoms with Gasteiger partial charge in [-0.15, -0.1) is 0 Å². The van der Waals surface area contributed by atoms with Gasteiger partial charge in [0.2, 0.25) is 5.91 Å². The Morgan fingerprint density at radius 3 is 2.60 bits per heavy atom. The van der Waals surface area contributed by atoms with E-state index in [9.17, 15) is 9.59 Å². The number of nitrogens with zero attached hydrogens (tertiary/aromatic N) is 4. The summed E-state index contributed by atoms with van der Waals surface area (Å²) in [7, 11) is 1.61. The van der Waals surface area contributed by atoms with E-state index >= 15 is 0 Å². The van der Waals surface area contributed by atoms with Crippen molar-refractivity contribution in [3.8, 4) is 0 Å². The van der Waals surface area contributed by atoms with Gasteiger partial charge >= 0.3 is 5.69 Å². The number of aryl methyl sites for hydroxylation is 2. The summed E-state index contributed by atoms with van der Waals surface area (Å²) in [6.07, 6.45) is 4.81. The van der Waals surface area contributed by atoms with Crippen LogP contribution in [0.3, 0.4) is 0 Å². The molecule has 0 aliphatic rings. The zero-order valence-corrected chi connectivity index (χ0v) is 14.4. The summed E-state index contributed by atoms with van der Waals surface area (Å²) in [4.78, 5) is 31.6. The van der Waals surface area contributed by atoms with Crippen LogP contribution in [-0.4, -0.2) is 31.6 Å². The van der Waals surface area contributed by atoms with E-state index in [0.717, 1.165) is 12.8 Å². The molecule has 0 atom stereocenters. The molecule has 0 bridgehead atoms. The monoisotopic (exact) mass is 339 g/mol. The van der Waals surface area contributed by atoms with Crippen LogP contribution in [0.25, 0.3) is 11.2 Å². The van der Waals surface area contributed by atoms with Crippen LogP contribution >= 0.6 is 0 Å². The summed E-state index contributed by atoms with van der Waals surface area (Å²) in [6, 6.07) is 8.43. The minimum Gasteiger partial charge on any atom is -0.354 e. The third-order valence-corrected chi connectivity index (χ3v) is 4.24. The first-order valence-electron chi connectivity index (χ1n) is 8.30. The second kappa shape index (κ2) is 7.29. The second-order valence-corrected chi connectivity index (χ2v) is 5.95. The maximum absolute atomic E-state index is 12.1. The van der Waals surface area contributed by atoms with E-state index in [-0.39, 0.29) is 18.1 Å². The van der Waals surface area contributed by atoms with Crippen molar-refractivity contribution >= 4 is 17.1 Å². The molecule has 0 unspecified atom stereocenters. The maximum Gasteiger partial charge on any atom is 0.349 e. The smallest absolute Gasteiger partial charge is 0.349 e. The first-order chi connectivity index (χ1) is 12.1. The first kappa shape index (κ1) is 16.9. The Balaban J connectivity index is 1.57. The Kier molecular flexibility index (Phi) is 4.92. The molecular weight excluding hydrogens is 318 g/mol. The topological polar surface area (TPSA) is 81.8 Å². The van der Waals surface area contributed by atoms with Crippen molar-refractivity contribution in [3.05, 3.63) is 58.4 Å². The molecule has 7 nitrogen and oxygen atoms in total. The highest BCUT2D eigenvalue weighted by Crippen LogP contribution is 2.08. The van der Waals surface area contributed by atoms with Crippen LogP contribution < -0.4 is 11.0 Å². The van der Waals surface area contributed by atoms with Gasteiger partial charge in [0.05, 0.1) is 12.5 Å². The minimum absolute atomic E-state index is 0.0988. The molecule has 0 aliphatic carbocycles. The number of amides is 1. The summed E-state index contributed by atoms with van der Waals surface area (Å²) in [5.74, 6) is -0.0988. The molecule has 0 saturated carbocycles. The fraction of sp³-hybridized carbons (Fsp3) is 0.333. The van der Waals surface area contributed by atoms with E-state index < -0.39 is 0 Å². The van der Waals surface area contributed by atoms with E-state index in [2.05, 4.69) is 46.5 Å². The molecule has 1 aromatic carbocycles.